The first-order valence-corrected chi connectivity index (χ1v) is 8.10. The molecule has 0 radical (unpaired) electrons. The third-order valence-electron chi connectivity index (χ3n) is 7.70. The monoisotopic (exact) mass is 248 g/mol. The molecule has 2 nitrogen and oxygen atoms in total. The zero-order chi connectivity index (χ0) is 12.0. The van der Waals surface area contributed by atoms with E-state index in [9.17, 15) is 10.2 Å². The lowest BCUT2D eigenvalue weighted by molar-refractivity contribution is 0.0357. The minimum atomic E-state index is -0.0148. The van der Waals surface area contributed by atoms with E-state index in [0.717, 1.165) is 48.3 Å². The summed E-state index contributed by atoms with van der Waals surface area (Å²) in [5, 5.41) is 21.0. The summed E-state index contributed by atoms with van der Waals surface area (Å²) in [5.74, 6) is 5.97. The number of rotatable bonds is 0. The second kappa shape index (κ2) is 3.32. The zero-order valence-electron chi connectivity index (χ0n) is 10.9. The summed E-state index contributed by atoms with van der Waals surface area (Å²) in [6, 6.07) is 0. The van der Waals surface area contributed by atoms with Gasteiger partial charge in [0.25, 0.3) is 0 Å². The van der Waals surface area contributed by atoms with Crippen LogP contribution >= 0.6 is 0 Å². The molecular weight excluding hydrogens is 224 g/mol. The largest absolute Gasteiger partial charge is 0.393 e. The highest BCUT2D eigenvalue weighted by atomic mass is 16.3. The predicted molar refractivity (Wildman–Crippen MR) is 67.6 cm³/mol. The molecule has 0 heterocycles. The molecule has 10 atom stereocenters. The van der Waals surface area contributed by atoms with Crippen molar-refractivity contribution >= 4 is 0 Å². The fraction of sp³-hybridized carbons (Fsp3) is 1.00. The quantitative estimate of drug-likeness (QED) is 0.689. The summed E-state index contributed by atoms with van der Waals surface area (Å²) in [6.07, 6.45) is 7.39. The molecule has 5 saturated carbocycles. The van der Waals surface area contributed by atoms with E-state index in [2.05, 4.69) is 0 Å². The molecule has 5 rings (SSSR count). The smallest absolute Gasteiger partial charge is 0.0576 e. The Morgan fingerprint density at radius 3 is 1.56 bits per heavy atom. The van der Waals surface area contributed by atoms with Gasteiger partial charge in [-0.1, -0.05) is 0 Å². The molecule has 100 valence electrons. The summed E-state index contributed by atoms with van der Waals surface area (Å²) in [4.78, 5) is 0. The number of aliphatic hydroxyl groups excluding tert-OH is 2. The third-order valence-corrected chi connectivity index (χ3v) is 7.70. The first-order chi connectivity index (χ1) is 8.74. The molecule has 0 amide bonds. The summed E-state index contributed by atoms with van der Waals surface area (Å²) in [7, 11) is 0. The van der Waals surface area contributed by atoms with E-state index in [0.29, 0.717) is 11.8 Å². The highest BCUT2D eigenvalue weighted by Crippen LogP contribution is 2.67. The van der Waals surface area contributed by atoms with Gasteiger partial charge in [-0.2, -0.15) is 0 Å². The Bertz CT molecular complexity index is 347. The van der Waals surface area contributed by atoms with E-state index in [1.807, 2.05) is 0 Å². The summed E-state index contributed by atoms with van der Waals surface area (Å²) >= 11 is 0. The maximum absolute atomic E-state index is 10.5. The Labute approximate surface area is 109 Å². The van der Waals surface area contributed by atoms with E-state index in [1.165, 1.54) is 25.7 Å². The molecule has 2 N–H and O–H groups in total. The van der Waals surface area contributed by atoms with Crippen LogP contribution in [0.25, 0.3) is 0 Å². The van der Waals surface area contributed by atoms with Gasteiger partial charge in [0.1, 0.15) is 0 Å². The lowest BCUT2D eigenvalue weighted by Crippen LogP contribution is -2.33. The van der Waals surface area contributed by atoms with Gasteiger partial charge < -0.3 is 10.2 Å². The molecule has 5 aliphatic carbocycles. The first kappa shape index (κ1) is 10.7. The van der Waals surface area contributed by atoms with Crippen LogP contribution in [-0.2, 0) is 0 Å². The van der Waals surface area contributed by atoms with Crippen LogP contribution in [0.2, 0.25) is 0 Å². The average molecular weight is 248 g/mol. The van der Waals surface area contributed by atoms with Gasteiger partial charge in [0, 0.05) is 0 Å². The molecule has 0 aromatic heterocycles. The number of aliphatic hydroxyl groups is 2. The van der Waals surface area contributed by atoms with E-state index < -0.39 is 0 Å². The Morgan fingerprint density at radius 1 is 0.556 bits per heavy atom. The van der Waals surface area contributed by atoms with Crippen molar-refractivity contribution in [2.75, 3.05) is 0 Å². The molecule has 18 heavy (non-hydrogen) atoms. The Kier molecular flexibility index (Phi) is 1.97. The maximum Gasteiger partial charge on any atom is 0.0576 e. The van der Waals surface area contributed by atoms with Gasteiger partial charge in [-0.05, 0) is 85.9 Å². The molecule has 0 aliphatic heterocycles. The van der Waals surface area contributed by atoms with Crippen molar-refractivity contribution in [1.29, 1.82) is 0 Å². The predicted octanol–water partition coefficient (Wildman–Crippen LogP) is 2.05. The number of fused-ring (bicyclic) bond motifs is 5. The van der Waals surface area contributed by atoms with E-state index in [-0.39, 0.29) is 12.2 Å². The fourth-order valence-electron chi connectivity index (χ4n) is 7.41. The third kappa shape index (κ3) is 1.09. The standard InChI is InChI=1S/C16H24O2/c17-13-5-9-10-6-14(18)16-8-2-1-7(3-8)15(13)11(9)4-12(10)16/h7-18H,1-6H2. The molecule has 0 saturated heterocycles. The van der Waals surface area contributed by atoms with Crippen molar-refractivity contribution in [2.45, 2.75) is 50.7 Å². The van der Waals surface area contributed by atoms with Crippen LogP contribution in [0.1, 0.15) is 38.5 Å². The van der Waals surface area contributed by atoms with Gasteiger partial charge in [-0.25, -0.2) is 0 Å². The molecule has 0 aromatic rings. The van der Waals surface area contributed by atoms with Gasteiger partial charge in [-0.3, -0.25) is 0 Å². The van der Waals surface area contributed by atoms with Gasteiger partial charge in [-0.15, -0.1) is 0 Å². The van der Waals surface area contributed by atoms with Crippen LogP contribution < -0.4 is 0 Å². The fourth-order valence-corrected chi connectivity index (χ4v) is 7.41. The number of hydrogen-bond acceptors (Lipinski definition) is 2. The van der Waals surface area contributed by atoms with Crippen molar-refractivity contribution in [3.8, 4) is 0 Å². The van der Waals surface area contributed by atoms with E-state index in [1.54, 1.807) is 0 Å². The van der Waals surface area contributed by atoms with Crippen LogP contribution in [-0.4, -0.2) is 22.4 Å². The normalized spacial score (nSPS) is 68.3. The van der Waals surface area contributed by atoms with Crippen LogP contribution in [0.4, 0.5) is 0 Å². The highest BCUT2D eigenvalue weighted by molar-refractivity contribution is 5.12. The average Bonchev–Trinajstić information content (AvgIpc) is 2.99. The summed E-state index contributed by atoms with van der Waals surface area (Å²) < 4.78 is 0. The molecule has 5 fully saturated rings. The van der Waals surface area contributed by atoms with Gasteiger partial charge in [0.15, 0.2) is 0 Å². The maximum atomic E-state index is 10.5. The van der Waals surface area contributed by atoms with Gasteiger partial charge in [0.2, 0.25) is 0 Å². The van der Waals surface area contributed by atoms with Crippen LogP contribution in [0.3, 0.4) is 0 Å². The van der Waals surface area contributed by atoms with E-state index >= 15 is 0 Å². The van der Waals surface area contributed by atoms with Crippen LogP contribution in [0, 0.1) is 47.3 Å². The minimum Gasteiger partial charge on any atom is -0.393 e. The van der Waals surface area contributed by atoms with Crippen molar-refractivity contribution in [3.63, 3.8) is 0 Å². The molecule has 5 aliphatic rings. The van der Waals surface area contributed by atoms with Gasteiger partial charge in [0.05, 0.1) is 12.2 Å². The second-order valence-corrected chi connectivity index (χ2v) is 7.99. The molecule has 0 aromatic carbocycles. The molecule has 2 heteroatoms. The summed E-state index contributed by atoms with van der Waals surface area (Å²) in [6.45, 7) is 0. The second-order valence-electron chi connectivity index (χ2n) is 7.99. The highest BCUT2D eigenvalue weighted by Gasteiger charge is 2.63. The van der Waals surface area contributed by atoms with Crippen molar-refractivity contribution in [1.82, 2.24) is 0 Å². The Hall–Kier alpha value is -0.0800. The summed E-state index contributed by atoms with van der Waals surface area (Å²) in [5.41, 5.74) is 0. The van der Waals surface area contributed by atoms with E-state index in [4.69, 9.17) is 0 Å². The van der Waals surface area contributed by atoms with Crippen molar-refractivity contribution in [3.05, 3.63) is 0 Å². The Morgan fingerprint density at radius 2 is 1.06 bits per heavy atom. The molecular formula is C16H24O2. The topological polar surface area (TPSA) is 40.5 Å². The lowest BCUT2D eigenvalue weighted by atomic mass is 9.72. The van der Waals surface area contributed by atoms with Crippen LogP contribution in [0.5, 0.6) is 0 Å². The zero-order valence-corrected chi connectivity index (χ0v) is 10.9. The Balaban J connectivity index is 1.63. The molecule has 4 bridgehead atoms. The minimum absolute atomic E-state index is 0.0148. The molecule has 0 spiro atoms. The van der Waals surface area contributed by atoms with Gasteiger partial charge >= 0.3 is 0 Å². The molecule has 10 unspecified atom stereocenters. The van der Waals surface area contributed by atoms with Crippen molar-refractivity contribution < 1.29 is 10.2 Å². The first-order valence-electron chi connectivity index (χ1n) is 8.10. The SMILES string of the molecule is OC1CC2C3CC(O)C4C5CCC(C5)C1C2CC34. The lowest BCUT2D eigenvalue weighted by Gasteiger charge is -2.34. The number of hydrogen-bond donors (Lipinski definition) is 2. The van der Waals surface area contributed by atoms with Crippen molar-refractivity contribution in [2.24, 2.45) is 47.3 Å². The van der Waals surface area contributed by atoms with Crippen LogP contribution in [0.15, 0.2) is 0 Å².